The molecule has 4 aromatic rings. The molecule has 0 amide bonds. The lowest BCUT2D eigenvalue weighted by atomic mass is 9.84. The highest BCUT2D eigenvalue weighted by Crippen LogP contribution is 2.32. The standard InChI is InChI=1S/C28H36F3N7O2.C7H8O3S/c1-16(2)26-35-28(40-36-26)37-7-4-18(5-8-37)17(3)6-9-39-19-12-33-27(34-13-19)38-14-21(25(32)15-38)20-10-23(30)24(31)11-22(20)29;1-6-2-4-7(5-3-6)11(8,9)10/h10-13,16-18,21,25H,4-9,14-15,32H2,1-3H3;2-5H,1H3,(H,8,9,10)/t17-,21+,25-;/m1./s1. The minimum atomic E-state index is -4.02. The topological polar surface area (TPSA) is 161 Å². The van der Waals surface area contributed by atoms with Crippen molar-refractivity contribution in [3.05, 3.63) is 83.2 Å². The van der Waals surface area contributed by atoms with Gasteiger partial charge < -0.3 is 24.8 Å². The number of rotatable bonds is 10. The van der Waals surface area contributed by atoms with Gasteiger partial charge in [-0.1, -0.05) is 43.6 Å². The van der Waals surface area contributed by atoms with Crippen molar-refractivity contribution < 1.29 is 35.4 Å². The van der Waals surface area contributed by atoms with Gasteiger partial charge in [0.1, 0.15) is 5.82 Å². The molecule has 0 bridgehead atoms. The third-order valence-electron chi connectivity index (χ3n) is 9.42. The number of hydrogen-bond acceptors (Lipinski definition) is 11. The van der Waals surface area contributed by atoms with E-state index in [0.717, 1.165) is 49.8 Å². The minimum absolute atomic E-state index is 0.0588. The number of nitrogens with two attached hydrogens (primary N) is 1. The van der Waals surface area contributed by atoms with Crippen molar-refractivity contribution in [2.45, 2.75) is 69.7 Å². The summed E-state index contributed by atoms with van der Waals surface area (Å²) in [4.78, 5) is 17.2. The minimum Gasteiger partial charge on any atom is -0.490 e. The molecule has 2 aliphatic rings. The Morgan fingerprint density at radius 2 is 1.63 bits per heavy atom. The molecule has 2 aliphatic heterocycles. The number of halogens is 3. The molecule has 4 heterocycles. The Morgan fingerprint density at radius 3 is 2.24 bits per heavy atom. The van der Waals surface area contributed by atoms with Crippen molar-refractivity contribution in [1.29, 1.82) is 0 Å². The highest BCUT2D eigenvalue weighted by Gasteiger charge is 2.35. The molecule has 0 saturated carbocycles. The largest absolute Gasteiger partial charge is 0.490 e. The number of hydrogen-bond donors (Lipinski definition) is 2. The van der Waals surface area contributed by atoms with Gasteiger partial charge >= 0.3 is 6.01 Å². The third kappa shape index (κ3) is 9.74. The van der Waals surface area contributed by atoms with Gasteiger partial charge in [0, 0.05) is 50.1 Å². The van der Waals surface area contributed by atoms with E-state index in [1.165, 1.54) is 12.1 Å². The molecule has 2 saturated heterocycles. The van der Waals surface area contributed by atoms with Gasteiger partial charge in [-0.2, -0.15) is 13.4 Å². The first-order chi connectivity index (χ1) is 24.2. The summed E-state index contributed by atoms with van der Waals surface area (Å²) in [6.07, 6.45) is 6.25. The molecule has 16 heteroatoms. The SMILES string of the molecule is CC(C)c1noc(N2CCC([C@H](C)CCOc3cnc(N4C[C@@H](N)[C@H](c5cc(F)c(F)cc5F)C4)nc3)CC2)n1.Cc1ccc(S(=O)(=O)O)cc1. The van der Waals surface area contributed by atoms with Gasteiger partial charge in [-0.25, -0.2) is 23.1 Å². The van der Waals surface area contributed by atoms with E-state index in [0.29, 0.717) is 55.3 Å². The molecule has 12 nitrogen and oxygen atoms in total. The molecule has 276 valence electrons. The number of nitrogens with zero attached hydrogens (tertiary/aromatic N) is 6. The zero-order valence-electron chi connectivity index (χ0n) is 29.0. The van der Waals surface area contributed by atoms with Crippen molar-refractivity contribution in [2.24, 2.45) is 17.6 Å². The van der Waals surface area contributed by atoms with Crippen LogP contribution < -0.4 is 20.3 Å². The lowest BCUT2D eigenvalue weighted by Gasteiger charge is -2.33. The number of anilines is 2. The van der Waals surface area contributed by atoms with Crippen LogP contribution in [-0.2, 0) is 10.1 Å². The molecule has 0 aliphatic carbocycles. The number of aromatic nitrogens is 4. The molecule has 0 radical (unpaired) electrons. The fraction of sp³-hybridized carbons (Fsp3) is 0.486. The van der Waals surface area contributed by atoms with Crippen LogP contribution in [0.25, 0.3) is 0 Å². The maximum absolute atomic E-state index is 14.3. The molecule has 6 rings (SSSR count). The number of piperidine rings is 1. The fourth-order valence-corrected chi connectivity index (χ4v) is 6.73. The van der Waals surface area contributed by atoms with Crippen LogP contribution in [0.1, 0.15) is 68.8 Å². The van der Waals surface area contributed by atoms with Gasteiger partial charge in [0.25, 0.3) is 10.1 Å². The van der Waals surface area contributed by atoms with E-state index in [4.69, 9.17) is 19.5 Å². The van der Waals surface area contributed by atoms with E-state index >= 15 is 0 Å². The van der Waals surface area contributed by atoms with Gasteiger partial charge in [0.2, 0.25) is 5.95 Å². The van der Waals surface area contributed by atoms with E-state index in [2.05, 4.69) is 31.9 Å². The molecule has 2 aromatic carbocycles. The van der Waals surface area contributed by atoms with Gasteiger partial charge in [-0.05, 0) is 61.8 Å². The number of aryl methyl sites for hydroxylation is 1. The second kappa shape index (κ2) is 16.4. The average Bonchev–Trinajstić information content (AvgIpc) is 3.75. The Balaban J connectivity index is 0.000000392. The van der Waals surface area contributed by atoms with E-state index < -0.39 is 39.5 Å². The summed E-state index contributed by atoms with van der Waals surface area (Å²) in [5, 5.41) is 4.07. The highest BCUT2D eigenvalue weighted by molar-refractivity contribution is 7.85. The Bertz CT molecular complexity index is 1850. The Hall–Kier alpha value is -4.28. The lowest BCUT2D eigenvalue weighted by Crippen LogP contribution is -2.36. The zero-order valence-corrected chi connectivity index (χ0v) is 29.9. The summed E-state index contributed by atoms with van der Waals surface area (Å²) >= 11 is 0. The summed E-state index contributed by atoms with van der Waals surface area (Å²) < 4.78 is 82.3. The van der Waals surface area contributed by atoms with Gasteiger partial charge in [-0.3, -0.25) is 4.55 Å². The monoisotopic (exact) mass is 731 g/mol. The predicted molar refractivity (Wildman–Crippen MR) is 185 cm³/mol. The summed E-state index contributed by atoms with van der Waals surface area (Å²) in [5.74, 6) is -0.560. The van der Waals surface area contributed by atoms with Crippen LogP contribution in [0.15, 0.2) is 58.2 Å². The second-order valence-corrected chi connectivity index (χ2v) is 14.9. The molecule has 3 N–H and O–H groups in total. The number of ether oxygens (including phenoxy) is 1. The molecular weight excluding hydrogens is 687 g/mol. The Morgan fingerprint density at radius 1 is 0.980 bits per heavy atom. The molecule has 51 heavy (non-hydrogen) atoms. The second-order valence-electron chi connectivity index (χ2n) is 13.5. The van der Waals surface area contributed by atoms with Crippen LogP contribution in [0.4, 0.5) is 25.1 Å². The Kier molecular flexibility index (Phi) is 12.2. The van der Waals surface area contributed by atoms with Gasteiger partial charge in [0.15, 0.2) is 23.2 Å². The molecular formula is C35H44F3N7O5S. The first-order valence-electron chi connectivity index (χ1n) is 16.9. The quantitative estimate of drug-likeness (QED) is 0.147. The smallest absolute Gasteiger partial charge is 0.324 e. The van der Waals surface area contributed by atoms with E-state index in [9.17, 15) is 21.6 Å². The third-order valence-corrected chi connectivity index (χ3v) is 10.3. The first-order valence-corrected chi connectivity index (χ1v) is 18.4. The van der Waals surface area contributed by atoms with Crippen molar-refractivity contribution >= 4 is 22.1 Å². The molecule has 0 unspecified atom stereocenters. The van der Waals surface area contributed by atoms with E-state index in [1.807, 2.05) is 25.7 Å². The summed E-state index contributed by atoms with van der Waals surface area (Å²) in [7, 11) is -4.02. The van der Waals surface area contributed by atoms with Crippen molar-refractivity contribution in [2.75, 3.05) is 42.6 Å². The van der Waals surface area contributed by atoms with Gasteiger partial charge in [-0.15, -0.1) is 0 Å². The van der Waals surface area contributed by atoms with Gasteiger partial charge in [0.05, 0.1) is 23.9 Å². The lowest BCUT2D eigenvalue weighted by molar-refractivity contribution is 0.219. The van der Waals surface area contributed by atoms with Crippen molar-refractivity contribution in [3.8, 4) is 5.75 Å². The van der Waals surface area contributed by atoms with Crippen LogP contribution in [0.3, 0.4) is 0 Å². The predicted octanol–water partition coefficient (Wildman–Crippen LogP) is 5.89. The van der Waals surface area contributed by atoms with Crippen LogP contribution in [0.2, 0.25) is 0 Å². The summed E-state index contributed by atoms with van der Waals surface area (Å²) in [5.41, 5.74) is 7.23. The molecule has 2 fully saturated rings. The van der Waals surface area contributed by atoms with E-state index in [1.54, 1.807) is 24.5 Å². The normalized spacial score (nSPS) is 18.9. The van der Waals surface area contributed by atoms with Crippen LogP contribution in [0, 0.1) is 36.2 Å². The molecule has 3 atom stereocenters. The molecule has 2 aromatic heterocycles. The number of benzene rings is 2. The van der Waals surface area contributed by atoms with Crippen molar-refractivity contribution in [3.63, 3.8) is 0 Å². The van der Waals surface area contributed by atoms with E-state index in [-0.39, 0.29) is 16.4 Å². The summed E-state index contributed by atoms with van der Waals surface area (Å²) in [6.45, 7) is 11.2. The fourth-order valence-electron chi connectivity index (χ4n) is 6.25. The zero-order chi connectivity index (χ0) is 36.9. The first kappa shape index (κ1) is 38.0. The summed E-state index contributed by atoms with van der Waals surface area (Å²) in [6, 6.07) is 7.57. The highest BCUT2D eigenvalue weighted by atomic mass is 32.2. The Labute approximate surface area is 296 Å². The van der Waals surface area contributed by atoms with Crippen molar-refractivity contribution in [1.82, 2.24) is 20.1 Å². The van der Waals surface area contributed by atoms with Crippen LogP contribution in [-0.4, -0.2) is 71.9 Å². The maximum Gasteiger partial charge on any atom is 0.324 e. The average molecular weight is 732 g/mol. The molecule has 0 spiro atoms. The van der Waals surface area contributed by atoms with Crippen LogP contribution >= 0.6 is 0 Å². The van der Waals surface area contributed by atoms with Crippen LogP contribution in [0.5, 0.6) is 5.75 Å². The maximum atomic E-state index is 14.3.